The molecule has 0 saturated carbocycles. The van der Waals surface area contributed by atoms with Crippen molar-refractivity contribution < 1.29 is 9.53 Å². The maximum absolute atomic E-state index is 11.9. The van der Waals surface area contributed by atoms with Gasteiger partial charge in [-0.05, 0) is 11.8 Å². The van der Waals surface area contributed by atoms with Gasteiger partial charge in [0.15, 0.2) is 0 Å². The highest BCUT2D eigenvalue weighted by atomic mass is 32.2. The third-order valence-electron chi connectivity index (χ3n) is 2.46. The molecule has 0 radical (unpaired) electrons. The highest BCUT2D eigenvalue weighted by Gasteiger charge is 2.17. The lowest BCUT2D eigenvalue weighted by molar-refractivity contribution is 0.0702. The van der Waals surface area contributed by atoms with Crippen molar-refractivity contribution in [3.8, 4) is 0 Å². The summed E-state index contributed by atoms with van der Waals surface area (Å²) in [6.07, 6.45) is 0. The van der Waals surface area contributed by atoms with Crippen LogP contribution in [0.1, 0.15) is 10.4 Å². The zero-order valence-corrected chi connectivity index (χ0v) is 10.9. The van der Waals surface area contributed by atoms with Crippen LogP contribution in [-0.4, -0.2) is 40.6 Å². The van der Waals surface area contributed by atoms with Gasteiger partial charge in [-0.3, -0.25) is 4.79 Å². The van der Waals surface area contributed by atoms with E-state index in [4.69, 9.17) is 17.0 Å². The number of nitrogens with zero attached hydrogens (tertiary/aromatic N) is 1. The van der Waals surface area contributed by atoms with Crippen molar-refractivity contribution in [3.05, 3.63) is 35.9 Å². The van der Waals surface area contributed by atoms with E-state index >= 15 is 0 Å². The quantitative estimate of drug-likeness (QED) is 0.728. The molecule has 90 valence electrons. The van der Waals surface area contributed by atoms with E-state index in [0.717, 1.165) is 24.9 Å². The fourth-order valence-electron chi connectivity index (χ4n) is 1.52. The third-order valence-corrected chi connectivity index (χ3v) is 3.82. The van der Waals surface area contributed by atoms with Crippen molar-refractivity contribution in [2.24, 2.45) is 0 Å². The molecule has 0 N–H and O–H groups in total. The number of benzene rings is 1. The molecule has 0 atom stereocenters. The van der Waals surface area contributed by atoms with Crippen molar-refractivity contribution in [2.45, 2.75) is 0 Å². The topological polar surface area (TPSA) is 29.5 Å². The predicted molar refractivity (Wildman–Crippen MR) is 73.4 cm³/mol. The number of ether oxygens (including phenoxy) is 1. The predicted octanol–water partition coefficient (Wildman–Crippen LogP) is 2.18. The second kappa shape index (κ2) is 6.14. The molecule has 0 aromatic heterocycles. The van der Waals surface area contributed by atoms with Crippen LogP contribution in [0.4, 0.5) is 0 Å². The number of hydrogen-bond donors (Lipinski definition) is 0. The van der Waals surface area contributed by atoms with E-state index in [-0.39, 0.29) is 5.12 Å². The van der Waals surface area contributed by atoms with Crippen LogP contribution in [-0.2, 0) is 4.74 Å². The first-order valence-electron chi connectivity index (χ1n) is 5.41. The second-order valence-electron chi connectivity index (χ2n) is 3.62. The highest BCUT2D eigenvalue weighted by Crippen LogP contribution is 2.17. The van der Waals surface area contributed by atoms with Gasteiger partial charge in [0.25, 0.3) is 0 Å². The molecule has 0 unspecified atom stereocenters. The lowest BCUT2D eigenvalue weighted by Crippen LogP contribution is -2.38. The zero-order chi connectivity index (χ0) is 12.1. The average Bonchev–Trinajstić information content (AvgIpc) is 2.40. The van der Waals surface area contributed by atoms with Crippen LogP contribution in [0.25, 0.3) is 0 Å². The van der Waals surface area contributed by atoms with Crippen LogP contribution >= 0.6 is 24.0 Å². The van der Waals surface area contributed by atoms with E-state index in [9.17, 15) is 4.79 Å². The van der Waals surface area contributed by atoms with Gasteiger partial charge in [0.05, 0.1) is 13.2 Å². The first-order chi connectivity index (χ1) is 8.27. The molecule has 1 heterocycles. The van der Waals surface area contributed by atoms with Crippen LogP contribution < -0.4 is 0 Å². The molecule has 17 heavy (non-hydrogen) atoms. The van der Waals surface area contributed by atoms with Crippen LogP contribution in [0.3, 0.4) is 0 Å². The first kappa shape index (κ1) is 12.5. The van der Waals surface area contributed by atoms with Gasteiger partial charge >= 0.3 is 0 Å². The number of carbonyl (C=O) groups excluding carboxylic acids is 1. The Morgan fingerprint density at radius 2 is 1.88 bits per heavy atom. The number of rotatable bonds is 1. The number of morpholine rings is 1. The monoisotopic (exact) mass is 267 g/mol. The lowest BCUT2D eigenvalue weighted by Gasteiger charge is -2.28. The summed E-state index contributed by atoms with van der Waals surface area (Å²) in [5.41, 5.74) is 0.688. The Kier molecular flexibility index (Phi) is 4.53. The Balaban J connectivity index is 1.92. The molecule has 0 spiro atoms. The molecule has 0 aliphatic carbocycles. The summed E-state index contributed by atoms with van der Waals surface area (Å²) in [7, 11) is 0. The van der Waals surface area contributed by atoms with Gasteiger partial charge in [0.2, 0.25) is 5.12 Å². The SMILES string of the molecule is O=C(SC(=S)N1CCOCC1)c1ccccc1. The molecule has 3 nitrogen and oxygen atoms in total. The number of hydrogen-bond acceptors (Lipinski definition) is 4. The van der Waals surface area contributed by atoms with Crippen molar-refractivity contribution in [1.82, 2.24) is 4.90 Å². The average molecular weight is 267 g/mol. The molecular formula is C12H13NO2S2. The largest absolute Gasteiger partial charge is 0.378 e. The van der Waals surface area contributed by atoms with Gasteiger partial charge in [-0.2, -0.15) is 0 Å². The Morgan fingerprint density at radius 3 is 2.53 bits per heavy atom. The van der Waals surface area contributed by atoms with Crippen LogP contribution in [0, 0.1) is 0 Å². The van der Waals surface area contributed by atoms with Gasteiger partial charge in [-0.25, -0.2) is 0 Å². The summed E-state index contributed by atoms with van der Waals surface area (Å²) < 4.78 is 5.88. The van der Waals surface area contributed by atoms with Crippen molar-refractivity contribution in [3.63, 3.8) is 0 Å². The van der Waals surface area contributed by atoms with Crippen LogP contribution in [0.15, 0.2) is 30.3 Å². The van der Waals surface area contributed by atoms with Crippen molar-refractivity contribution in [2.75, 3.05) is 26.3 Å². The summed E-state index contributed by atoms with van der Waals surface area (Å²) >= 11 is 6.38. The fourth-order valence-corrected chi connectivity index (χ4v) is 2.66. The van der Waals surface area contributed by atoms with Gasteiger partial charge in [0, 0.05) is 18.7 Å². The van der Waals surface area contributed by atoms with Crippen molar-refractivity contribution >= 4 is 33.4 Å². The minimum absolute atomic E-state index is 0.00194. The second-order valence-corrected chi connectivity index (χ2v) is 5.23. The van der Waals surface area contributed by atoms with E-state index in [1.807, 2.05) is 23.1 Å². The Bertz CT molecular complexity index is 402. The summed E-state index contributed by atoms with van der Waals surface area (Å²) in [5.74, 6) is 0. The number of thioether (sulfide) groups is 1. The molecule has 1 aromatic rings. The Labute approximate surface area is 110 Å². The fraction of sp³-hybridized carbons (Fsp3) is 0.333. The minimum atomic E-state index is 0.00194. The standard InChI is InChI=1S/C12H13NO2S2/c14-11(10-4-2-1-3-5-10)17-12(16)13-6-8-15-9-7-13/h1-5H,6-9H2. The molecule has 5 heteroatoms. The minimum Gasteiger partial charge on any atom is -0.378 e. The normalized spacial score (nSPS) is 15.6. The maximum atomic E-state index is 11.9. The summed E-state index contributed by atoms with van der Waals surface area (Å²) in [5, 5.41) is 0.00194. The van der Waals surface area contributed by atoms with E-state index in [0.29, 0.717) is 23.1 Å². The van der Waals surface area contributed by atoms with E-state index < -0.39 is 0 Å². The molecule has 1 aliphatic heterocycles. The summed E-state index contributed by atoms with van der Waals surface area (Å²) in [6, 6.07) is 9.20. The van der Waals surface area contributed by atoms with E-state index in [2.05, 4.69) is 0 Å². The Hall–Kier alpha value is -0.910. The third kappa shape index (κ3) is 3.52. The van der Waals surface area contributed by atoms with Gasteiger partial charge in [-0.15, -0.1) is 0 Å². The van der Waals surface area contributed by atoms with Crippen molar-refractivity contribution in [1.29, 1.82) is 0 Å². The zero-order valence-electron chi connectivity index (χ0n) is 9.30. The van der Waals surface area contributed by atoms with E-state index in [1.54, 1.807) is 12.1 Å². The smallest absolute Gasteiger partial charge is 0.226 e. The molecule has 1 fully saturated rings. The molecule has 0 bridgehead atoms. The lowest BCUT2D eigenvalue weighted by atomic mass is 10.2. The summed E-state index contributed by atoms with van der Waals surface area (Å²) in [4.78, 5) is 13.9. The number of thiocarbonyl (C=S) groups is 1. The number of carbonyl (C=O) groups is 1. The molecule has 2 rings (SSSR count). The maximum Gasteiger partial charge on any atom is 0.226 e. The Morgan fingerprint density at radius 1 is 1.24 bits per heavy atom. The molecule has 1 saturated heterocycles. The van der Waals surface area contributed by atoms with Gasteiger partial charge < -0.3 is 9.64 Å². The van der Waals surface area contributed by atoms with E-state index in [1.165, 1.54) is 0 Å². The molecule has 1 aliphatic rings. The highest BCUT2D eigenvalue weighted by molar-refractivity contribution is 8.33. The first-order valence-corrected chi connectivity index (χ1v) is 6.64. The summed E-state index contributed by atoms with van der Waals surface area (Å²) in [6.45, 7) is 2.91. The van der Waals surface area contributed by atoms with Crippen LogP contribution in [0.5, 0.6) is 0 Å². The van der Waals surface area contributed by atoms with Gasteiger partial charge in [0.1, 0.15) is 4.32 Å². The van der Waals surface area contributed by atoms with Crippen LogP contribution in [0.2, 0.25) is 0 Å². The van der Waals surface area contributed by atoms with Gasteiger partial charge in [-0.1, -0.05) is 42.5 Å². The molecule has 1 aromatic carbocycles. The molecular weight excluding hydrogens is 254 g/mol. The molecule has 0 amide bonds.